The van der Waals surface area contributed by atoms with Crippen molar-refractivity contribution in [2.75, 3.05) is 0 Å². The third kappa shape index (κ3) is 3.46. The van der Waals surface area contributed by atoms with Gasteiger partial charge < -0.3 is 10.3 Å². The molecule has 0 saturated heterocycles. The van der Waals surface area contributed by atoms with E-state index in [4.69, 9.17) is 5.73 Å². The van der Waals surface area contributed by atoms with Crippen molar-refractivity contribution in [3.8, 4) is 0 Å². The number of hydrogen-bond donors (Lipinski definition) is 1. The predicted molar refractivity (Wildman–Crippen MR) is 77.5 cm³/mol. The van der Waals surface area contributed by atoms with E-state index in [0.29, 0.717) is 6.54 Å². The maximum absolute atomic E-state index is 12.3. The summed E-state index contributed by atoms with van der Waals surface area (Å²) in [6.07, 6.45) is 4.60. The number of nitrogens with two attached hydrogens (primary N) is 1. The van der Waals surface area contributed by atoms with Gasteiger partial charge in [0.2, 0.25) is 0 Å². The summed E-state index contributed by atoms with van der Waals surface area (Å²) in [4.78, 5) is 23.7. The summed E-state index contributed by atoms with van der Waals surface area (Å²) >= 11 is 0. The zero-order valence-corrected chi connectivity index (χ0v) is 12.2. The highest BCUT2D eigenvalue weighted by atomic mass is 16.2. The molecule has 0 aliphatic rings. The minimum atomic E-state index is -0.631. The smallest absolute Gasteiger partial charge is 0.263 e. The van der Waals surface area contributed by atoms with Crippen LogP contribution in [0.25, 0.3) is 0 Å². The number of aryl methyl sites for hydroxylation is 1. The first-order valence-corrected chi connectivity index (χ1v) is 7.12. The first-order valence-electron chi connectivity index (χ1n) is 7.12. The molecule has 19 heavy (non-hydrogen) atoms. The highest BCUT2D eigenvalue weighted by Crippen LogP contribution is 2.13. The Kier molecular flexibility index (Phi) is 5.80. The zero-order chi connectivity index (χ0) is 14.4. The Balaban J connectivity index is 3.45. The fraction of sp³-hybridized carbons (Fsp3) is 0.600. The number of aromatic nitrogens is 1. The van der Waals surface area contributed by atoms with Crippen LogP contribution < -0.4 is 11.3 Å². The van der Waals surface area contributed by atoms with E-state index >= 15 is 0 Å². The number of rotatable bonds is 7. The van der Waals surface area contributed by atoms with Gasteiger partial charge in [-0.25, -0.2) is 0 Å². The summed E-state index contributed by atoms with van der Waals surface area (Å²) in [7, 11) is 0. The Bertz CT molecular complexity index is 504. The van der Waals surface area contributed by atoms with E-state index in [9.17, 15) is 9.59 Å². The van der Waals surface area contributed by atoms with Crippen LogP contribution in [-0.4, -0.2) is 10.5 Å². The lowest BCUT2D eigenvalue weighted by atomic mass is 10.0. The highest BCUT2D eigenvalue weighted by Gasteiger charge is 2.16. The molecule has 0 saturated carbocycles. The number of primary amides is 1. The lowest BCUT2D eigenvalue weighted by Gasteiger charge is -2.17. The van der Waals surface area contributed by atoms with E-state index in [1.807, 2.05) is 6.92 Å². The SMILES string of the molecule is CCCCn1c(CCC)c(CC)cc(C(N)=O)c1=O. The van der Waals surface area contributed by atoms with Gasteiger partial charge in [-0.3, -0.25) is 9.59 Å². The van der Waals surface area contributed by atoms with E-state index in [-0.39, 0.29) is 11.1 Å². The first kappa shape index (κ1) is 15.5. The summed E-state index contributed by atoms with van der Waals surface area (Å²) in [5, 5.41) is 0. The van der Waals surface area contributed by atoms with Gasteiger partial charge in [0.25, 0.3) is 11.5 Å². The number of carbonyl (C=O) groups is 1. The van der Waals surface area contributed by atoms with Gasteiger partial charge in [-0.15, -0.1) is 0 Å². The molecular weight excluding hydrogens is 240 g/mol. The van der Waals surface area contributed by atoms with E-state index in [2.05, 4.69) is 13.8 Å². The Morgan fingerprint density at radius 2 is 1.95 bits per heavy atom. The first-order chi connectivity index (χ1) is 9.06. The van der Waals surface area contributed by atoms with Gasteiger partial charge in [0.1, 0.15) is 5.56 Å². The maximum atomic E-state index is 12.3. The van der Waals surface area contributed by atoms with Crippen LogP contribution in [0, 0.1) is 0 Å². The van der Waals surface area contributed by atoms with Gasteiger partial charge in [0.05, 0.1) is 0 Å². The molecule has 0 aliphatic carbocycles. The van der Waals surface area contributed by atoms with E-state index in [1.54, 1.807) is 10.6 Å². The summed E-state index contributed by atoms with van der Waals surface area (Å²) in [5.74, 6) is -0.631. The van der Waals surface area contributed by atoms with Crippen molar-refractivity contribution < 1.29 is 4.79 Å². The molecule has 0 spiro atoms. The summed E-state index contributed by atoms with van der Waals surface area (Å²) < 4.78 is 1.76. The molecule has 0 atom stereocenters. The Hall–Kier alpha value is -1.58. The number of hydrogen-bond acceptors (Lipinski definition) is 2. The molecule has 0 fully saturated rings. The Labute approximate surface area is 114 Å². The van der Waals surface area contributed by atoms with Crippen LogP contribution in [0.1, 0.15) is 61.6 Å². The lowest BCUT2D eigenvalue weighted by Crippen LogP contribution is -2.32. The van der Waals surface area contributed by atoms with Gasteiger partial charge >= 0.3 is 0 Å². The molecule has 2 N–H and O–H groups in total. The van der Waals surface area contributed by atoms with Crippen LogP contribution in [0.4, 0.5) is 0 Å². The van der Waals surface area contributed by atoms with Crippen LogP contribution in [0.5, 0.6) is 0 Å². The molecule has 1 aromatic heterocycles. The molecule has 106 valence electrons. The van der Waals surface area contributed by atoms with Crippen LogP contribution in [0.3, 0.4) is 0 Å². The van der Waals surface area contributed by atoms with Crippen LogP contribution in [0.15, 0.2) is 10.9 Å². The second-order valence-electron chi connectivity index (χ2n) is 4.81. The predicted octanol–water partition coefficient (Wildman–Crippen LogP) is 2.26. The van der Waals surface area contributed by atoms with Gasteiger partial charge in [-0.05, 0) is 30.9 Å². The number of nitrogens with zero attached hydrogens (tertiary/aromatic N) is 1. The van der Waals surface area contributed by atoms with Gasteiger partial charge in [0.15, 0.2) is 0 Å². The minimum absolute atomic E-state index is 0.118. The molecular formula is C15H24N2O2. The van der Waals surface area contributed by atoms with E-state index in [1.165, 1.54) is 0 Å². The average Bonchev–Trinajstić information content (AvgIpc) is 2.38. The van der Waals surface area contributed by atoms with Crippen molar-refractivity contribution in [3.05, 3.63) is 33.2 Å². The zero-order valence-electron chi connectivity index (χ0n) is 12.2. The Morgan fingerprint density at radius 1 is 1.26 bits per heavy atom. The molecule has 0 radical (unpaired) electrons. The fourth-order valence-electron chi connectivity index (χ4n) is 2.33. The van der Waals surface area contributed by atoms with Crippen LogP contribution >= 0.6 is 0 Å². The normalized spacial score (nSPS) is 10.7. The molecule has 4 heteroatoms. The molecule has 4 nitrogen and oxygen atoms in total. The highest BCUT2D eigenvalue weighted by molar-refractivity contribution is 5.92. The molecule has 1 aromatic rings. The van der Waals surface area contributed by atoms with Crippen molar-refractivity contribution in [1.82, 2.24) is 4.57 Å². The van der Waals surface area contributed by atoms with Crippen molar-refractivity contribution >= 4 is 5.91 Å². The monoisotopic (exact) mass is 264 g/mol. The molecule has 0 aliphatic heterocycles. The fourth-order valence-corrected chi connectivity index (χ4v) is 2.33. The van der Waals surface area contributed by atoms with E-state index < -0.39 is 5.91 Å². The van der Waals surface area contributed by atoms with Crippen LogP contribution in [0.2, 0.25) is 0 Å². The quantitative estimate of drug-likeness (QED) is 0.821. The maximum Gasteiger partial charge on any atom is 0.263 e. The van der Waals surface area contributed by atoms with Gasteiger partial charge in [0, 0.05) is 12.2 Å². The van der Waals surface area contributed by atoms with E-state index in [0.717, 1.165) is 43.4 Å². The Morgan fingerprint density at radius 3 is 2.42 bits per heavy atom. The number of carbonyl (C=O) groups excluding carboxylic acids is 1. The average molecular weight is 264 g/mol. The number of unbranched alkanes of at least 4 members (excludes halogenated alkanes) is 1. The summed E-state index contributed by atoms with van der Waals surface area (Å²) in [6, 6.07) is 1.68. The standard InChI is InChI=1S/C15H24N2O2/c1-4-7-9-17-13(8-5-2)11(6-3)10-12(14(16)18)15(17)19/h10H,4-9H2,1-3H3,(H2,16,18). The minimum Gasteiger partial charge on any atom is -0.365 e. The van der Waals surface area contributed by atoms with Crippen molar-refractivity contribution in [2.24, 2.45) is 5.73 Å². The van der Waals surface area contributed by atoms with Crippen molar-refractivity contribution in [2.45, 2.75) is 59.4 Å². The van der Waals surface area contributed by atoms with Crippen molar-refractivity contribution in [1.29, 1.82) is 0 Å². The topological polar surface area (TPSA) is 65.1 Å². The molecule has 1 rings (SSSR count). The number of pyridine rings is 1. The van der Waals surface area contributed by atoms with Gasteiger partial charge in [-0.1, -0.05) is 33.6 Å². The molecule has 0 bridgehead atoms. The van der Waals surface area contributed by atoms with Gasteiger partial charge in [-0.2, -0.15) is 0 Å². The number of amides is 1. The molecule has 0 aromatic carbocycles. The lowest BCUT2D eigenvalue weighted by molar-refractivity contribution is 0.0998. The van der Waals surface area contributed by atoms with Crippen LogP contribution in [-0.2, 0) is 19.4 Å². The molecule has 1 heterocycles. The summed E-state index contributed by atoms with van der Waals surface area (Å²) in [6.45, 7) is 6.88. The third-order valence-electron chi connectivity index (χ3n) is 3.36. The largest absolute Gasteiger partial charge is 0.365 e. The second kappa shape index (κ2) is 7.12. The molecule has 0 unspecified atom stereocenters. The molecule has 1 amide bonds. The van der Waals surface area contributed by atoms with Crippen molar-refractivity contribution in [3.63, 3.8) is 0 Å². The third-order valence-corrected chi connectivity index (χ3v) is 3.36. The second-order valence-corrected chi connectivity index (χ2v) is 4.81. The summed E-state index contributed by atoms with van der Waals surface area (Å²) in [5.41, 5.74) is 7.32.